The van der Waals surface area contributed by atoms with E-state index >= 15 is 0 Å². The molecule has 2 rings (SSSR count). The van der Waals surface area contributed by atoms with E-state index in [1.165, 1.54) is 17.8 Å². The molecule has 92 valence electrons. The summed E-state index contributed by atoms with van der Waals surface area (Å²) < 4.78 is 0. The van der Waals surface area contributed by atoms with Gasteiger partial charge in [0.2, 0.25) is 0 Å². The predicted molar refractivity (Wildman–Crippen MR) is 68.8 cm³/mol. The molecule has 0 aliphatic heterocycles. The lowest BCUT2D eigenvalue weighted by Crippen LogP contribution is -2.38. The van der Waals surface area contributed by atoms with E-state index in [9.17, 15) is 4.79 Å². The topological polar surface area (TPSA) is 54.0 Å². The number of carbonyl (C=O) groups is 1. The van der Waals surface area contributed by atoms with Crippen molar-refractivity contribution in [2.75, 3.05) is 6.54 Å². The van der Waals surface area contributed by atoms with Crippen molar-refractivity contribution < 1.29 is 4.79 Å². The van der Waals surface area contributed by atoms with Gasteiger partial charge in [-0.25, -0.2) is 9.78 Å². The van der Waals surface area contributed by atoms with Gasteiger partial charge in [0, 0.05) is 11.9 Å². The minimum absolute atomic E-state index is 0.104. The van der Waals surface area contributed by atoms with Crippen molar-refractivity contribution in [2.45, 2.75) is 25.8 Å². The first-order chi connectivity index (χ1) is 8.34. The smallest absolute Gasteiger partial charge is 0.315 e. The summed E-state index contributed by atoms with van der Waals surface area (Å²) >= 11 is 1.54. The number of nitrogens with zero attached hydrogens (tertiary/aromatic N) is 1. The third-order valence-corrected chi connectivity index (χ3v) is 3.48. The second-order valence-electron chi connectivity index (χ2n) is 4.19. The molecule has 2 N–H and O–H groups in total. The average molecular weight is 251 g/mol. The van der Waals surface area contributed by atoms with Gasteiger partial charge in [0.05, 0.1) is 17.7 Å². The molecule has 0 fully saturated rings. The molecule has 0 bridgehead atoms. The first kappa shape index (κ1) is 12.1. The van der Waals surface area contributed by atoms with Crippen LogP contribution in [0.25, 0.3) is 0 Å². The Morgan fingerprint density at radius 1 is 1.47 bits per heavy atom. The summed E-state index contributed by atoms with van der Waals surface area (Å²) in [7, 11) is 0. The van der Waals surface area contributed by atoms with Crippen molar-refractivity contribution in [2.24, 2.45) is 5.92 Å². The number of amides is 2. The van der Waals surface area contributed by atoms with Crippen LogP contribution in [0.15, 0.2) is 23.0 Å². The van der Waals surface area contributed by atoms with E-state index in [0.717, 1.165) is 25.1 Å². The molecule has 0 saturated carbocycles. The predicted octanol–water partition coefficient (Wildman–Crippen LogP) is 2.30. The lowest BCUT2D eigenvalue weighted by molar-refractivity contribution is 0.238. The van der Waals surface area contributed by atoms with Crippen LogP contribution in [-0.2, 0) is 6.54 Å². The van der Waals surface area contributed by atoms with Crippen LogP contribution in [0.1, 0.15) is 25.0 Å². The maximum atomic E-state index is 11.5. The number of rotatable bonds is 4. The van der Waals surface area contributed by atoms with Crippen molar-refractivity contribution in [1.82, 2.24) is 15.6 Å². The van der Waals surface area contributed by atoms with E-state index in [1.807, 2.05) is 5.38 Å². The van der Waals surface area contributed by atoms with Gasteiger partial charge in [0.1, 0.15) is 0 Å². The number of aromatic nitrogens is 1. The van der Waals surface area contributed by atoms with Crippen LogP contribution in [-0.4, -0.2) is 17.6 Å². The summed E-state index contributed by atoms with van der Waals surface area (Å²) in [5.41, 5.74) is 2.68. The molecule has 1 heterocycles. The quantitative estimate of drug-likeness (QED) is 0.807. The standard InChI is InChI=1S/C12H17N3OS/c16-12(14-7-11-8-17-9-15-11)13-6-10-4-2-1-3-5-10/h1-2,8-10H,3-7H2,(H2,13,14,16). The summed E-state index contributed by atoms with van der Waals surface area (Å²) in [6.45, 7) is 1.26. The van der Waals surface area contributed by atoms with E-state index in [0.29, 0.717) is 12.5 Å². The number of carbonyl (C=O) groups excluding carboxylic acids is 1. The number of hydrogen-bond donors (Lipinski definition) is 2. The second-order valence-corrected chi connectivity index (χ2v) is 4.91. The Morgan fingerprint density at radius 2 is 2.41 bits per heavy atom. The highest BCUT2D eigenvalue weighted by Gasteiger charge is 2.10. The fraction of sp³-hybridized carbons (Fsp3) is 0.500. The number of nitrogens with one attached hydrogen (secondary N) is 2. The van der Waals surface area contributed by atoms with Crippen LogP contribution in [0.5, 0.6) is 0 Å². The molecule has 0 aromatic carbocycles. The summed E-state index contributed by atoms with van der Waals surface area (Å²) in [5.74, 6) is 0.588. The molecule has 1 atom stereocenters. The summed E-state index contributed by atoms with van der Waals surface area (Å²) in [6, 6.07) is -0.104. The molecule has 1 aromatic heterocycles. The van der Waals surface area contributed by atoms with E-state index in [2.05, 4.69) is 27.8 Å². The Hall–Kier alpha value is -1.36. The third kappa shape index (κ3) is 4.19. The SMILES string of the molecule is O=C(NCc1cscn1)NCC1CC=CCC1. The van der Waals surface area contributed by atoms with Gasteiger partial charge in [-0.15, -0.1) is 11.3 Å². The van der Waals surface area contributed by atoms with Crippen LogP contribution < -0.4 is 10.6 Å². The van der Waals surface area contributed by atoms with Gasteiger partial charge >= 0.3 is 6.03 Å². The van der Waals surface area contributed by atoms with Crippen molar-refractivity contribution >= 4 is 17.4 Å². The number of hydrogen-bond acceptors (Lipinski definition) is 3. The normalized spacial score (nSPS) is 18.9. The van der Waals surface area contributed by atoms with Crippen LogP contribution in [0.3, 0.4) is 0 Å². The fourth-order valence-corrected chi connectivity index (χ4v) is 2.40. The zero-order valence-electron chi connectivity index (χ0n) is 9.69. The van der Waals surface area contributed by atoms with Crippen LogP contribution in [0, 0.1) is 5.92 Å². The third-order valence-electron chi connectivity index (χ3n) is 2.84. The van der Waals surface area contributed by atoms with Crippen molar-refractivity contribution in [3.05, 3.63) is 28.7 Å². The Labute approximate surface area is 105 Å². The minimum atomic E-state index is -0.104. The van der Waals surface area contributed by atoms with Gasteiger partial charge < -0.3 is 10.6 Å². The van der Waals surface area contributed by atoms with Crippen molar-refractivity contribution in [3.63, 3.8) is 0 Å². The molecular formula is C12H17N3OS. The molecule has 0 spiro atoms. The summed E-state index contributed by atoms with van der Waals surface area (Å²) in [5, 5.41) is 7.64. The van der Waals surface area contributed by atoms with E-state index in [1.54, 1.807) is 5.51 Å². The molecule has 0 saturated heterocycles. The largest absolute Gasteiger partial charge is 0.338 e. The van der Waals surface area contributed by atoms with Gasteiger partial charge in [-0.3, -0.25) is 0 Å². The summed E-state index contributed by atoms with van der Waals surface area (Å²) in [6.07, 6.45) is 7.78. The highest BCUT2D eigenvalue weighted by atomic mass is 32.1. The molecule has 1 unspecified atom stereocenters. The Bertz CT molecular complexity index is 375. The molecule has 2 amide bonds. The number of allylic oxidation sites excluding steroid dienone is 2. The Kier molecular flexibility index (Phi) is 4.55. The minimum Gasteiger partial charge on any atom is -0.338 e. The second kappa shape index (κ2) is 6.39. The van der Waals surface area contributed by atoms with Gasteiger partial charge in [0.15, 0.2) is 0 Å². The fourth-order valence-electron chi connectivity index (χ4n) is 1.84. The molecule has 1 aliphatic rings. The van der Waals surface area contributed by atoms with Gasteiger partial charge in [-0.05, 0) is 25.2 Å². The molecule has 0 radical (unpaired) electrons. The lowest BCUT2D eigenvalue weighted by atomic mass is 9.94. The maximum Gasteiger partial charge on any atom is 0.315 e. The van der Waals surface area contributed by atoms with Gasteiger partial charge in [0.25, 0.3) is 0 Å². The Balaban J connectivity index is 1.62. The van der Waals surface area contributed by atoms with Crippen LogP contribution in [0.2, 0.25) is 0 Å². The van der Waals surface area contributed by atoms with E-state index in [4.69, 9.17) is 0 Å². The van der Waals surface area contributed by atoms with Gasteiger partial charge in [-0.1, -0.05) is 12.2 Å². The molecule has 5 heteroatoms. The van der Waals surface area contributed by atoms with E-state index in [-0.39, 0.29) is 6.03 Å². The molecule has 1 aliphatic carbocycles. The molecule has 4 nitrogen and oxygen atoms in total. The first-order valence-corrected chi connectivity index (χ1v) is 6.82. The number of urea groups is 1. The molecule has 1 aromatic rings. The number of thiazole rings is 1. The molecular weight excluding hydrogens is 234 g/mol. The van der Waals surface area contributed by atoms with E-state index < -0.39 is 0 Å². The first-order valence-electron chi connectivity index (χ1n) is 5.88. The zero-order valence-corrected chi connectivity index (χ0v) is 10.5. The zero-order chi connectivity index (χ0) is 11.9. The van der Waals surface area contributed by atoms with Gasteiger partial charge in [-0.2, -0.15) is 0 Å². The van der Waals surface area contributed by atoms with Crippen molar-refractivity contribution in [1.29, 1.82) is 0 Å². The summed E-state index contributed by atoms with van der Waals surface area (Å²) in [4.78, 5) is 15.6. The molecule has 17 heavy (non-hydrogen) atoms. The lowest BCUT2D eigenvalue weighted by Gasteiger charge is -2.18. The van der Waals surface area contributed by atoms with Crippen molar-refractivity contribution in [3.8, 4) is 0 Å². The average Bonchev–Trinajstić information content (AvgIpc) is 2.88. The van der Waals surface area contributed by atoms with Crippen LogP contribution in [0.4, 0.5) is 4.79 Å². The monoisotopic (exact) mass is 251 g/mol. The van der Waals surface area contributed by atoms with Crippen LogP contribution >= 0.6 is 11.3 Å². The highest BCUT2D eigenvalue weighted by Crippen LogP contribution is 2.16. The Morgan fingerprint density at radius 3 is 3.12 bits per heavy atom. The highest BCUT2D eigenvalue weighted by molar-refractivity contribution is 7.07. The maximum absolute atomic E-state index is 11.5.